The minimum absolute atomic E-state index is 0.0322. The standard InChI is InChI=1S/C10H11O5P/c1-15-6-8(10(11)12)7-4-2-3-5-9(7)16(13)14/h2-5,8H,6H2,1H3,(H-,11,12,13,14)/p+1. The molecule has 0 fully saturated rings. The highest BCUT2D eigenvalue weighted by molar-refractivity contribution is 7.47. The molecule has 1 aromatic rings. The van der Waals surface area contributed by atoms with Gasteiger partial charge in [-0.1, -0.05) is 18.2 Å². The van der Waals surface area contributed by atoms with Gasteiger partial charge >= 0.3 is 14.0 Å². The minimum Gasteiger partial charge on any atom is -0.481 e. The lowest BCUT2D eigenvalue weighted by Crippen LogP contribution is -2.22. The van der Waals surface area contributed by atoms with E-state index in [0.717, 1.165) is 0 Å². The summed E-state index contributed by atoms with van der Waals surface area (Å²) >= 11 is 0. The Morgan fingerprint density at radius 1 is 1.50 bits per heavy atom. The molecule has 0 amide bonds. The first kappa shape index (κ1) is 12.8. The lowest BCUT2D eigenvalue weighted by molar-refractivity contribution is -0.140. The molecule has 0 saturated carbocycles. The Morgan fingerprint density at radius 3 is 2.62 bits per heavy atom. The molecule has 2 N–H and O–H groups in total. The van der Waals surface area contributed by atoms with Gasteiger partial charge in [0.15, 0.2) is 0 Å². The fraction of sp³-hybridized carbons (Fsp3) is 0.300. The van der Waals surface area contributed by atoms with Gasteiger partial charge in [0.1, 0.15) is 5.92 Å². The van der Waals surface area contributed by atoms with E-state index in [-0.39, 0.29) is 11.9 Å². The van der Waals surface area contributed by atoms with Crippen molar-refractivity contribution < 1.29 is 24.1 Å². The predicted octanol–water partition coefficient (Wildman–Crippen LogP) is 0.861. The van der Waals surface area contributed by atoms with Crippen molar-refractivity contribution in [3.63, 3.8) is 0 Å². The summed E-state index contributed by atoms with van der Waals surface area (Å²) in [4.78, 5) is 20.1. The third kappa shape index (κ3) is 2.85. The van der Waals surface area contributed by atoms with Gasteiger partial charge in [0.2, 0.25) is 5.30 Å². The van der Waals surface area contributed by atoms with Crippen molar-refractivity contribution >= 4 is 19.3 Å². The maximum absolute atomic E-state index is 11.1. The smallest absolute Gasteiger partial charge is 0.481 e. The summed E-state index contributed by atoms with van der Waals surface area (Å²) in [5, 5.41) is 9.15. The number of benzene rings is 1. The third-order valence-corrected chi connectivity index (χ3v) is 2.97. The normalized spacial score (nSPS) is 13.2. The summed E-state index contributed by atoms with van der Waals surface area (Å²) in [6, 6.07) is 6.19. The van der Waals surface area contributed by atoms with Gasteiger partial charge in [0, 0.05) is 12.7 Å². The Kier molecular flexibility index (Phi) is 4.55. The highest BCUT2D eigenvalue weighted by Gasteiger charge is 2.30. The van der Waals surface area contributed by atoms with Crippen LogP contribution in [0.15, 0.2) is 24.3 Å². The Balaban J connectivity index is 3.17. The van der Waals surface area contributed by atoms with Crippen LogP contribution in [-0.4, -0.2) is 29.7 Å². The lowest BCUT2D eigenvalue weighted by atomic mass is 10.0. The van der Waals surface area contributed by atoms with E-state index in [1.807, 2.05) is 0 Å². The summed E-state index contributed by atoms with van der Waals surface area (Å²) in [6.45, 7) is -0.0322. The second-order valence-electron chi connectivity index (χ2n) is 3.18. The Hall–Kier alpha value is -1.29. The topological polar surface area (TPSA) is 83.8 Å². The van der Waals surface area contributed by atoms with Crippen molar-refractivity contribution in [1.82, 2.24) is 0 Å². The third-order valence-electron chi connectivity index (χ3n) is 2.15. The summed E-state index contributed by atoms with van der Waals surface area (Å²) in [6.07, 6.45) is 0. The average Bonchev–Trinajstić information content (AvgIpc) is 2.25. The quantitative estimate of drug-likeness (QED) is 0.749. The van der Waals surface area contributed by atoms with Crippen LogP contribution in [0.5, 0.6) is 0 Å². The molecule has 0 radical (unpaired) electrons. The fourth-order valence-electron chi connectivity index (χ4n) is 1.42. The number of carboxylic acids is 1. The van der Waals surface area contributed by atoms with Crippen LogP contribution in [0.2, 0.25) is 0 Å². The predicted molar refractivity (Wildman–Crippen MR) is 58.2 cm³/mol. The number of carboxylic acid groups (broad SMARTS) is 1. The van der Waals surface area contributed by atoms with E-state index in [4.69, 9.17) is 14.7 Å². The number of methoxy groups -OCH3 is 1. The number of hydrogen-bond acceptors (Lipinski definition) is 3. The summed E-state index contributed by atoms with van der Waals surface area (Å²) in [5.74, 6) is -2.00. The molecule has 0 aliphatic rings. The second kappa shape index (κ2) is 5.70. The van der Waals surface area contributed by atoms with E-state index in [1.54, 1.807) is 12.1 Å². The molecule has 2 unspecified atom stereocenters. The number of rotatable bonds is 5. The lowest BCUT2D eigenvalue weighted by Gasteiger charge is -2.10. The van der Waals surface area contributed by atoms with E-state index in [0.29, 0.717) is 5.56 Å². The van der Waals surface area contributed by atoms with Crippen molar-refractivity contribution in [3.05, 3.63) is 29.8 Å². The Labute approximate surface area is 93.5 Å². The highest BCUT2D eigenvalue weighted by Crippen LogP contribution is 2.23. The zero-order valence-corrected chi connectivity index (χ0v) is 9.55. The molecule has 1 aromatic carbocycles. The zero-order chi connectivity index (χ0) is 12.1. The van der Waals surface area contributed by atoms with Gasteiger partial charge in [-0.3, -0.25) is 4.79 Å². The van der Waals surface area contributed by atoms with E-state index in [1.165, 1.54) is 19.2 Å². The summed E-state index contributed by atoms with van der Waals surface area (Å²) in [5.41, 5.74) is 0.320. The monoisotopic (exact) mass is 243 g/mol. The van der Waals surface area contributed by atoms with Gasteiger partial charge in [-0.05, 0) is 10.6 Å². The average molecular weight is 243 g/mol. The molecule has 1 rings (SSSR count). The molecule has 6 heteroatoms. The molecule has 2 atom stereocenters. The SMILES string of the molecule is COCC(C(=O)O)c1ccccc1[P+](=O)O. The Bertz CT molecular complexity index is 404. The van der Waals surface area contributed by atoms with Crippen LogP contribution in [-0.2, 0) is 14.1 Å². The molecule has 0 aromatic heterocycles. The Morgan fingerprint density at radius 2 is 2.12 bits per heavy atom. The second-order valence-corrected chi connectivity index (χ2v) is 4.21. The van der Waals surface area contributed by atoms with Crippen molar-refractivity contribution in [1.29, 1.82) is 0 Å². The van der Waals surface area contributed by atoms with Crippen LogP contribution >= 0.6 is 8.03 Å². The molecule has 0 saturated heterocycles. The van der Waals surface area contributed by atoms with Gasteiger partial charge in [-0.15, -0.1) is 0 Å². The van der Waals surface area contributed by atoms with Gasteiger partial charge in [0.25, 0.3) is 0 Å². The van der Waals surface area contributed by atoms with Crippen LogP contribution in [0.1, 0.15) is 11.5 Å². The van der Waals surface area contributed by atoms with E-state index in [9.17, 15) is 9.36 Å². The molecule has 86 valence electrons. The van der Waals surface area contributed by atoms with Crippen LogP contribution in [0.25, 0.3) is 0 Å². The minimum atomic E-state index is -2.55. The van der Waals surface area contributed by atoms with Crippen LogP contribution < -0.4 is 5.30 Å². The first-order chi connectivity index (χ1) is 7.57. The van der Waals surface area contributed by atoms with Gasteiger partial charge in [-0.25, -0.2) is 0 Å². The number of aliphatic carboxylic acids is 1. The zero-order valence-electron chi connectivity index (χ0n) is 8.66. The van der Waals surface area contributed by atoms with Crippen molar-refractivity contribution in [2.24, 2.45) is 0 Å². The maximum atomic E-state index is 11.1. The molecule has 0 bridgehead atoms. The largest absolute Gasteiger partial charge is 0.546 e. The molecule has 0 heterocycles. The summed E-state index contributed by atoms with van der Waals surface area (Å²) in [7, 11) is -1.17. The fourth-order valence-corrected chi connectivity index (χ4v) is 2.08. The van der Waals surface area contributed by atoms with Gasteiger partial charge in [-0.2, -0.15) is 4.89 Å². The van der Waals surface area contributed by atoms with Crippen LogP contribution in [0, 0.1) is 0 Å². The van der Waals surface area contributed by atoms with Crippen molar-refractivity contribution in [2.75, 3.05) is 13.7 Å². The van der Waals surface area contributed by atoms with Gasteiger partial charge < -0.3 is 9.84 Å². The van der Waals surface area contributed by atoms with Crippen LogP contribution in [0.3, 0.4) is 0 Å². The summed E-state index contributed by atoms with van der Waals surface area (Å²) < 4.78 is 15.9. The molecule has 0 spiro atoms. The van der Waals surface area contributed by atoms with Crippen molar-refractivity contribution in [2.45, 2.75) is 5.92 Å². The van der Waals surface area contributed by atoms with E-state index >= 15 is 0 Å². The van der Waals surface area contributed by atoms with Crippen molar-refractivity contribution in [3.8, 4) is 0 Å². The molecular weight excluding hydrogens is 231 g/mol. The molecular formula is C10H12O5P+. The van der Waals surface area contributed by atoms with E-state index in [2.05, 4.69) is 0 Å². The highest BCUT2D eigenvalue weighted by atomic mass is 31.1. The number of ether oxygens (including phenoxy) is 1. The van der Waals surface area contributed by atoms with E-state index < -0.39 is 19.9 Å². The molecule has 0 aliphatic carbocycles. The maximum Gasteiger partial charge on any atom is 0.546 e. The number of hydrogen-bond donors (Lipinski definition) is 2. The molecule has 5 nitrogen and oxygen atoms in total. The van der Waals surface area contributed by atoms with Crippen LogP contribution in [0.4, 0.5) is 0 Å². The first-order valence-electron chi connectivity index (χ1n) is 4.54. The van der Waals surface area contributed by atoms with Gasteiger partial charge in [0.05, 0.1) is 6.61 Å². The molecule has 16 heavy (non-hydrogen) atoms. The molecule has 0 aliphatic heterocycles. The first-order valence-corrected chi connectivity index (χ1v) is 5.76. The number of carbonyl (C=O) groups is 1.